The van der Waals surface area contributed by atoms with Gasteiger partial charge in [-0.05, 0) is 56.7 Å². The molecule has 0 aliphatic carbocycles. The molecule has 7 heteroatoms. The zero-order valence-corrected chi connectivity index (χ0v) is 16.1. The quantitative estimate of drug-likeness (QED) is 0.552. The first-order valence-corrected chi connectivity index (χ1v) is 8.87. The lowest BCUT2D eigenvalue weighted by Gasteiger charge is -2.29. The summed E-state index contributed by atoms with van der Waals surface area (Å²) >= 11 is 0. The van der Waals surface area contributed by atoms with Crippen molar-refractivity contribution in [1.29, 1.82) is 0 Å². The third kappa shape index (κ3) is 5.36. The number of ether oxygens (including phenoxy) is 2. The zero-order chi connectivity index (χ0) is 19.1. The molecule has 1 aliphatic rings. The lowest BCUT2D eigenvalue weighted by Crippen LogP contribution is -2.39. The van der Waals surface area contributed by atoms with Crippen LogP contribution in [-0.4, -0.2) is 69.6 Å². The summed E-state index contributed by atoms with van der Waals surface area (Å²) in [5.41, 5.74) is 2.19. The summed E-state index contributed by atoms with van der Waals surface area (Å²) in [6, 6.07) is 3.88. The van der Waals surface area contributed by atoms with Gasteiger partial charge in [0.2, 0.25) is 11.8 Å². The fourth-order valence-corrected chi connectivity index (χ4v) is 3.03. The van der Waals surface area contributed by atoms with E-state index >= 15 is 0 Å². The molecule has 1 aromatic rings. The van der Waals surface area contributed by atoms with Crippen molar-refractivity contribution in [1.82, 2.24) is 15.1 Å². The molecule has 0 unspecified atom stereocenters. The van der Waals surface area contributed by atoms with Crippen LogP contribution in [0.1, 0.15) is 24.0 Å². The average Bonchev–Trinajstić information content (AvgIpc) is 2.63. The molecule has 0 saturated carbocycles. The van der Waals surface area contributed by atoms with E-state index in [-0.39, 0.29) is 18.2 Å². The molecular formula is C19H29N3O4. The minimum atomic E-state index is -0.216. The maximum absolute atomic E-state index is 12.4. The van der Waals surface area contributed by atoms with Crippen molar-refractivity contribution in [3.8, 4) is 11.5 Å². The Kier molecular flexibility index (Phi) is 7.26. The molecule has 0 radical (unpaired) electrons. The van der Waals surface area contributed by atoms with Gasteiger partial charge in [-0.25, -0.2) is 0 Å². The number of rotatable bonds is 8. The van der Waals surface area contributed by atoms with Crippen LogP contribution in [0.3, 0.4) is 0 Å². The van der Waals surface area contributed by atoms with E-state index in [0.29, 0.717) is 31.1 Å². The SMILES string of the molecule is COc1cc2c(cc1OC)CN(C(=O)CC(=O)NCCCN(C)C)CC2. The van der Waals surface area contributed by atoms with Gasteiger partial charge in [-0.15, -0.1) is 0 Å². The fourth-order valence-electron chi connectivity index (χ4n) is 3.03. The second kappa shape index (κ2) is 9.43. The molecule has 144 valence electrons. The first-order valence-electron chi connectivity index (χ1n) is 8.87. The number of carbonyl (C=O) groups is 2. The third-order valence-electron chi connectivity index (χ3n) is 4.49. The summed E-state index contributed by atoms with van der Waals surface area (Å²) in [4.78, 5) is 28.2. The monoisotopic (exact) mass is 363 g/mol. The first-order chi connectivity index (χ1) is 12.4. The topological polar surface area (TPSA) is 71.1 Å². The van der Waals surface area contributed by atoms with Crippen LogP contribution in [0.2, 0.25) is 0 Å². The minimum absolute atomic E-state index is 0.107. The highest BCUT2D eigenvalue weighted by atomic mass is 16.5. The van der Waals surface area contributed by atoms with Crippen LogP contribution in [0.15, 0.2) is 12.1 Å². The van der Waals surface area contributed by atoms with Crippen LogP contribution in [-0.2, 0) is 22.6 Å². The summed E-state index contributed by atoms with van der Waals surface area (Å²) in [7, 11) is 7.19. The Hall–Kier alpha value is -2.28. The maximum Gasteiger partial charge on any atom is 0.232 e. The Morgan fingerprint density at radius 1 is 1.15 bits per heavy atom. The Balaban J connectivity index is 1.89. The summed E-state index contributed by atoms with van der Waals surface area (Å²) < 4.78 is 10.7. The second-order valence-corrected chi connectivity index (χ2v) is 6.72. The Morgan fingerprint density at radius 2 is 1.81 bits per heavy atom. The van der Waals surface area contributed by atoms with Gasteiger partial charge in [0.15, 0.2) is 11.5 Å². The van der Waals surface area contributed by atoms with Gasteiger partial charge in [-0.1, -0.05) is 0 Å². The minimum Gasteiger partial charge on any atom is -0.493 e. The van der Waals surface area contributed by atoms with Crippen LogP contribution < -0.4 is 14.8 Å². The molecule has 0 fully saturated rings. The second-order valence-electron chi connectivity index (χ2n) is 6.72. The highest BCUT2D eigenvalue weighted by Gasteiger charge is 2.24. The molecule has 0 atom stereocenters. The molecule has 0 bridgehead atoms. The van der Waals surface area contributed by atoms with Gasteiger partial charge < -0.3 is 24.6 Å². The number of hydrogen-bond acceptors (Lipinski definition) is 5. The van der Waals surface area contributed by atoms with Gasteiger partial charge in [0, 0.05) is 19.6 Å². The Bertz CT molecular complexity index is 646. The van der Waals surface area contributed by atoms with E-state index in [1.54, 1.807) is 19.1 Å². The van der Waals surface area contributed by atoms with Crippen LogP contribution in [0.5, 0.6) is 11.5 Å². The molecule has 0 saturated heterocycles. The van der Waals surface area contributed by atoms with Crippen molar-refractivity contribution in [2.75, 3.05) is 47.9 Å². The van der Waals surface area contributed by atoms with Gasteiger partial charge in [-0.3, -0.25) is 9.59 Å². The highest BCUT2D eigenvalue weighted by Crippen LogP contribution is 2.33. The van der Waals surface area contributed by atoms with E-state index in [4.69, 9.17) is 9.47 Å². The van der Waals surface area contributed by atoms with E-state index < -0.39 is 0 Å². The van der Waals surface area contributed by atoms with Crippen molar-refractivity contribution < 1.29 is 19.1 Å². The Labute approximate surface area is 155 Å². The molecule has 7 nitrogen and oxygen atoms in total. The lowest BCUT2D eigenvalue weighted by molar-refractivity contribution is -0.136. The predicted molar refractivity (Wildman–Crippen MR) is 99.5 cm³/mol. The summed E-state index contributed by atoms with van der Waals surface area (Å²) in [5, 5.41) is 2.81. The summed E-state index contributed by atoms with van der Waals surface area (Å²) in [6.07, 6.45) is 1.50. The molecule has 26 heavy (non-hydrogen) atoms. The number of hydrogen-bond donors (Lipinski definition) is 1. The molecule has 1 aromatic carbocycles. The first kappa shape index (κ1) is 20.0. The number of fused-ring (bicyclic) bond motifs is 1. The average molecular weight is 363 g/mol. The molecule has 1 aliphatic heterocycles. The van der Waals surface area contributed by atoms with Crippen molar-refractivity contribution in [2.45, 2.75) is 25.8 Å². The smallest absolute Gasteiger partial charge is 0.232 e. The largest absolute Gasteiger partial charge is 0.493 e. The fraction of sp³-hybridized carbons (Fsp3) is 0.579. The van der Waals surface area contributed by atoms with E-state index in [1.165, 1.54) is 0 Å². The number of amides is 2. The van der Waals surface area contributed by atoms with Gasteiger partial charge in [0.25, 0.3) is 0 Å². The van der Waals surface area contributed by atoms with Crippen LogP contribution in [0.25, 0.3) is 0 Å². The van der Waals surface area contributed by atoms with E-state index in [2.05, 4.69) is 10.2 Å². The molecule has 1 N–H and O–H groups in total. The van der Waals surface area contributed by atoms with Crippen molar-refractivity contribution in [3.05, 3.63) is 23.3 Å². The molecular weight excluding hydrogens is 334 g/mol. The van der Waals surface area contributed by atoms with Gasteiger partial charge in [0.1, 0.15) is 6.42 Å². The third-order valence-corrected chi connectivity index (χ3v) is 4.49. The number of nitrogens with one attached hydrogen (secondary N) is 1. The van der Waals surface area contributed by atoms with Gasteiger partial charge >= 0.3 is 0 Å². The van der Waals surface area contributed by atoms with Crippen molar-refractivity contribution in [3.63, 3.8) is 0 Å². The Morgan fingerprint density at radius 3 is 2.42 bits per heavy atom. The molecule has 0 spiro atoms. The number of nitrogens with zero attached hydrogens (tertiary/aromatic N) is 2. The zero-order valence-electron chi connectivity index (χ0n) is 16.1. The van der Waals surface area contributed by atoms with Crippen molar-refractivity contribution in [2.24, 2.45) is 0 Å². The van der Waals surface area contributed by atoms with Crippen molar-refractivity contribution >= 4 is 11.8 Å². The summed E-state index contributed by atoms with van der Waals surface area (Å²) in [6.45, 7) is 2.59. The van der Waals surface area contributed by atoms with Gasteiger partial charge in [0.05, 0.1) is 14.2 Å². The number of carbonyl (C=O) groups excluding carboxylic acids is 2. The molecule has 2 rings (SSSR count). The van der Waals surface area contributed by atoms with E-state index in [0.717, 1.165) is 30.5 Å². The van der Waals surface area contributed by atoms with Crippen LogP contribution in [0, 0.1) is 0 Å². The van der Waals surface area contributed by atoms with Crippen LogP contribution in [0.4, 0.5) is 0 Å². The molecule has 2 amide bonds. The van der Waals surface area contributed by atoms with Crippen LogP contribution >= 0.6 is 0 Å². The van der Waals surface area contributed by atoms with E-state index in [9.17, 15) is 9.59 Å². The number of methoxy groups -OCH3 is 2. The molecule has 1 heterocycles. The highest BCUT2D eigenvalue weighted by molar-refractivity contribution is 5.96. The maximum atomic E-state index is 12.4. The lowest BCUT2D eigenvalue weighted by atomic mass is 9.98. The van der Waals surface area contributed by atoms with E-state index in [1.807, 2.05) is 26.2 Å². The molecule has 0 aromatic heterocycles. The van der Waals surface area contributed by atoms with Gasteiger partial charge in [-0.2, -0.15) is 0 Å². The normalized spacial score (nSPS) is 13.3. The standard InChI is InChI=1S/C19H29N3O4/c1-21(2)8-5-7-20-18(23)12-19(24)22-9-6-14-10-16(25-3)17(26-4)11-15(14)13-22/h10-11H,5-9,12-13H2,1-4H3,(H,20,23). The summed E-state index contributed by atoms with van der Waals surface area (Å²) in [5.74, 6) is 0.990. The predicted octanol–water partition coefficient (Wildman–Crippen LogP) is 1.05. The number of benzene rings is 1.